The maximum Gasteiger partial charge on any atom is 0.338 e. The van der Waals surface area contributed by atoms with Gasteiger partial charge in [-0.2, -0.15) is 0 Å². The summed E-state index contributed by atoms with van der Waals surface area (Å²) in [5, 5.41) is 0. The largest absolute Gasteiger partial charge is 0.454 e. The van der Waals surface area contributed by atoms with Gasteiger partial charge in [-0.25, -0.2) is 13.6 Å². The second-order valence-corrected chi connectivity index (χ2v) is 4.85. The molecule has 22 heavy (non-hydrogen) atoms. The summed E-state index contributed by atoms with van der Waals surface area (Å²) in [6, 6.07) is 9.80. The lowest BCUT2D eigenvalue weighted by Gasteiger charge is -2.15. The molecule has 0 N–H and O–H groups in total. The van der Waals surface area contributed by atoms with Crippen LogP contribution in [0.5, 0.6) is 0 Å². The molecule has 0 spiro atoms. The molecule has 0 radical (unpaired) electrons. The topological polar surface area (TPSA) is 35.5 Å². The van der Waals surface area contributed by atoms with Gasteiger partial charge in [0.25, 0.3) is 0 Å². The van der Waals surface area contributed by atoms with E-state index in [4.69, 9.17) is 9.47 Å². The van der Waals surface area contributed by atoms with E-state index in [2.05, 4.69) is 0 Å². The maximum absolute atomic E-state index is 13.7. The highest BCUT2D eigenvalue weighted by Crippen LogP contribution is 2.22. The highest BCUT2D eigenvalue weighted by atomic mass is 19.1. The molecule has 116 valence electrons. The highest BCUT2D eigenvalue weighted by molar-refractivity contribution is 5.89. The van der Waals surface area contributed by atoms with Gasteiger partial charge in [0.15, 0.2) is 0 Å². The van der Waals surface area contributed by atoms with Crippen molar-refractivity contribution in [2.75, 3.05) is 7.11 Å². The Morgan fingerprint density at radius 3 is 2.68 bits per heavy atom. The minimum atomic E-state index is -0.894. The standard InChI is InChI=1S/C17H16F2O3/c1-11(15-9-14(18)6-7-16(15)19)22-17(20)13-5-3-4-12(8-13)10-21-2/h3-9,11H,10H2,1-2H3. The number of halogens is 2. The average molecular weight is 306 g/mol. The smallest absolute Gasteiger partial charge is 0.338 e. The predicted molar refractivity (Wildman–Crippen MR) is 77.3 cm³/mol. The fourth-order valence-corrected chi connectivity index (χ4v) is 2.07. The molecule has 0 aliphatic heterocycles. The molecule has 0 aliphatic rings. The Labute approximate surface area is 127 Å². The van der Waals surface area contributed by atoms with Gasteiger partial charge < -0.3 is 9.47 Å². The van der Waals surface area contributed by atoms with Crippen molar-refractivity contribution in [3.63, 3.8) is 0 Å². The predicted octanol–water partition coefficient (Wildman–Crippen LogP) is 4.03. The van der Waals surface area contributed by atoms with E-state index in [1.165, 1.54) is 6.92 Å². The number of hydrogen-bond acceptors (Lipinski definition) is 3. The van der Waals surface area contributed by atoms with Gasteiger partial charge in [-0.1, -0.05) is 12.1 Å². The van der Waals surface area contributed by atoms with Crippen LogP contribution in [0.4, 0.5) is 8.78 Å². The molecule has 3 nitrogen and oxygen atoms in total. The number of benzene rings is 2. The lowest BCUT2D eigenvalue weighted by molar-refractivity contribution is 0.0330. The number of rotatable bonds is 5. The van der Waals surface area contributed by atoms with E-state index in [-0.39, 0.29) is 5.56 Å². The van der Waals surface area contributed by atoms with Gasteiger partial charge in [0.2, 0.25) is 0 Å². The zero-order chi connectivity index (χ0) is 16.1. The lowest BCUT2D eigenvalue weighted by Crippen LogP contribution is -2.11. The zero-order valence-electron chi connectivity index (χ0n) is 12.3. The van der Waals surface area contributed by atoms with Gasteiger partial charge in [0.1, 0.15) is 17.7 Å². The van der Waals surface area contributed by atoms with Crippen LogP contribution in [0.15, 0.2) is 42.5 Å². The number of ether oxygens (including phenoxy) is 2. The summed E-state index contributed by atoms with van der Waals surface area (Å²) in [7, 11) is 1.56. The van der Waals surface area contributed by atoms with E-state index in [1.54, 1.807) is 25.3 Å². The van der Waals surface area contributed by atoms with Crippen LogP contribution >= 0.6 is 0 Å². The summed E-state index contributed by atoms with van der Waals surface area (Å²) in [6.07, 6.45) is -0.894. The quantitative estimate of drug-likeness (QED) is 0.782. The number of esters is 1. The van der Waals surface area contributed by atoms with Gasteiger partial charge >= 0.3 is 5.97 Å². The molecule has 2 rings (SSSR count). The molecule has 1 unspecified atom stereocenters. The van der Waals surface area contributed by atoms with E-state index in [9.17, 15) is 13.6 Å². The fraction of sp³-hybridized carbons (Fsp3) is 0.235. The van der Waals surface area contributed by atoms with Crippen LogP contribution in [0, 0.1) is 11.6 Å². The first-order chi connectivity index (χ1) is 10.5. The highest BCUT2D eigenvalue weighted by Gasteiger charge is 2.17. The molecule has 1 atom stereocenters. The van der Waals surface area contributed by atoms with Crippen molar-refractivity contribution < 1.29 is 23.0 Å². The summed E-state index contributed by atoms with van der Waals surface area (Å²) in [5.74, 6) is -1.80. The molecule has 0 saturated heterocycles. The summed E-state index contributed by atoms with van der Waals surface area (Å²) >= 11 is 0. The molecule has 0 saturated carbocycles. The van der Waals surface area contributed by atoms with Gasteiger partial charge in [-0.05, 0) is 42.8 Å². The molecule has 0 amide bonds. The van der Waals surface area contributed by atoms with Gasteiger partial charge in [-0.3, -0.25) is 0 Å². The molecular weight excluding hydrogens is 290 g/mol. The fourth-order valence-electron chi connectivity index (χ4n) is 2.07. The van der Waals surface area contributed by atoms with Crippen molar-refractivity contribution in [2.45, 2.75) is 19.6 Å². The molecule has 0 fully saturated rings. The molecule has 2 aromatic carbocycles. The average Bonchev–Trinajstić information content (AvgIpc) is 2.50. The first-order valence-corrected chi connectivity index (χ1v) is 6.75. The van der Waals surface area contributed by atoms with E-state index < -0.39 is 23.7 Å². The van der Waals surface area contributed by atoms with Crippen LogP contribution < -0.4 is 0 Å². The van der Waals surface area contributed by atoms with Crippen LogP contribution in [0.1, 0.15) is 34.5 Å². The number of carbonyl (C=O) groups is 1. The number of methoxy groups -OCH3 is 1. The van der Waals surface area contributed by atoms with E-state index in [0.717, 1.165) is 23.8 Å². The monoisotopic (exact) mass is 306 g/mol. The molecule has 0 heterocycles. The Kier molecular flexibility index (Phi) is 5.22. The Hall–Kier alpha value is -2.27. The van der Waals surface area contributed by atoms with Crippen molar-refractivity contribution in [3.8, 4) is 0 Å². The molecular formula is C17H16F2O3. The second kappa shape index (κ2) is 7.13. The Bertz CT molecular complexity index is 671. The van der Waals surface area contributed by atoms with E-state index >= 15 is 0 Å². The van der Waals surface area contributed by atoms with E-state index in [1.807, 2.05) is 6.07 Å². The minimum absolute atomic E-state index is 0.00129. The first-order valence-electron chi connectivity index (χ1n) is 6.75. The third kappa shape index (κ3) is 3.89. The van der Waals surface area contributed by atoms with Crippen LogP contribution in [0.3, 0.4) is 0 Å². The van der Waals surface area contributed by atoms with Crippen molar-refractivity contribution >= 4 is 5.97 Å². The van der Waals surface area contributed by atoms with Crippen LogP contribution in [-0.2, 0) is 16.1 Å². The first kappa shape index (κ1) is 16.1. The summed E-state index contributed by atoms with van der Waals surface area (Å²) < 4.78 is 37.1. The maximum atomic E-state index is 13.7. The Balaban J connectivity index is 2.14. The number of carbonyl (C=O) groups excluding carboxylic acids is 1. The summed E-state index contributed by atoms with van der Waals surface area (Å²) in [5.41, 5.74) is 1.15. The molecule has 0 aliphatic carbocycles. The van der Waals surface area contributed by atoms with Crippen LogP contribution in [0.25, 0.3) is 0 Å². The minimum Gasteiger partial charge on any atom is -0.454 e. The molecule has 0 aromatic heterocycles. The van der Waals surface area contributed by atoms with Crippen LogP contribution in [-0.4, -0.2) is 13.1 Å². The summed E-state index contributed by atoms with van der Waals surface area (Å²) in [6.45, 7) is 1.87. The third-order valence-electron chi connectivity index (χ3n) is 3.15. The van der Waals surface area contributed by atoms with E-state index in [0.29, 0.717) is 12.2 Å². The molecule has 0 bridgehead atoms. The van der Waals surface area contributed by atoms with Gasteiger partial charge in [-0.15, -0.1) is 0 Å². The Morgan fingerprint density at radius 1 is 1.18 bits per heavy atom. The number of hydrogen-bond donors (Lipinski definition) is 0. The van der Waals surface area contributed by atoms with Gasteiger partial charge in [0.05, 0.1) is 12.2 Å². The molecule has 5 heteroatoms. The van der Waals surface area contributed by atoms with Crippen molar-refractivity contribution in [1.29, 1.82) is 0 Å². The molecule has 2 aromatic rings. The third-order valence-corrected chi connectivity index (χ3v) is 3.15. The zero-order valence-corrected chi connectivity index (χ0v) is 12.3. The SMILES string of the molecule is COCc1cccc(C(=O)OC(C)c2cc(F)ccc2F)c1. The van der Waals surface area contributed by atoms with Crippen LogP contribution in [0.2, 0.25) is 0 Å². The normalized spacial score (nSPS) is 12.0. The van der Waals surface area contributed by atoms with Crippen molar-refractivity contribution in [2.24, 2.45) is 0 Å². The Morgan fingerprint density at radius 2 is 1.95 bits per heavy atom. The second-order valence-electron chi connectivity index (χ2n) is 4.85. The lowest BCUT2D eigenvalue weighted by atomic mass is 10.1. The van der Waals surface area contributed by atoms with Crippen molar-refractivity contribution in [3.05, 3.63) is 70.8 Å². The summed E-state index contributed by atoms with van der Waals surface area (Å²) in [4.78, 5) is 12.1. The van der Waals surface area contributed by atoms with Gasteiger partial charge in [0, 0.05) is 12.7 Å². The van der Waals surface area contributed by atoms with Crippen molar-refractivity contribution in [1.82, 2.24) is 0 Å².